The average Bonchev–Trinajstić information content (AvgIpc) is 2.83. The minimum absolute atomic E-state index is 0.127. The lowest BCUT2D eigenvalue weighted by molar-refractivity contribution is -0.163. The van der Waals surface area contributed by atoms with E-state index in [1.54, 1.807) is 0 Å². The Bertz CT molecular complexity index is 589. The van der Waals surface area contributed by atoms with Gasteiger partial charge in [0.15, 0.2) is 0 Å². The molecule has 0 spiro atoms. The van der Waals surface area contributed by atoms with Crippen molar-refractivity contribution in [3.8, 4) is 0 Å². The van der Waals surface area contributed by atoms with Crippen molar-refractivity contribution < 1.29 is 9.90 Å². The van der Waals surface area contributed by atoms with Crippen molar-refractivity contribution in [1.82, 2.24) is 0 Å². The molecule has 0 aromatic heterocycles. The molecule has 0 radical (unpaired) electrons. The van der Waals surface area contributed by atoms with E-state index in [2.05, 4.69) is 26.8 Å². The number of rotatable bonds is 0. The van der Waals surface area contributed by atoms with Gasteiger partial charge in [-0.05, 0) is 87.4 Å². The van der Waals surface area contributed by atoms with Gasteiger partial charge in [-0.25, -0.2) is 0 Å². The van der Waals surface area contributed by atoms with Gasteiger partial charge in [-0.15, -0.1) is 0 Å². The molecular weight excluding hydrogens is 296 g/mol. The summed E-state index contributed by atoms with van der Waals surface area (Å²) in [5, 5.41) is 10.6. The van der Waals surface area contributed by atoms with Crippen LogP contribution in [0.25, 0.3) is 0 Å². The number of allylic oxidation sites excluding steroid dienone is 2. The summed E-state index contributed by atoms with van der Waals surface area (Å²) in [6.45, 7) is 8.90. The van der Waals surface area contributed by atoms with Crippen molar-refractivity contribution in [3.63, 3.8) is 0 Å². The topological polar surface area (TPSA) is 37.3 Å². The molecule has 7 atom stereocenters. The maximum Gasteiger partial charge on any atom is 0.137 e. The molecule has 2 nitrogen and oxygen atoms in total. The van der Waals surface area contributed by atoms with Gasteiger partial charge in [-0.2, -0.15) is 0 Å². The lowest BCUT2D eigenvalue weighted by Gasteiger charge is -2.60. The molecule has 2 heteroatoms. The molecule has 134 valence electrons. The van der Waals surface area contributed by atoms with E-state index in [4.69, 9.17) is 0 Å². The second-order valence-corrected chi connectivity index (χ2v) is 10.1. The van der Waals surface area contributed by atoms with Crippen LogP contribution < -0.4 is 0 Å². The van der Waals surface area contributed by atoms with Crippen LogP contribution in [0.5, 0.6) is 0 Å². The van der Waals surface area contributed by atoms with Gasteiger partial charge in [-0.3, -0.25) is 4.79 Å². The SMILES string of the molecule is C/C=C1/CC[C@H]2[C@@H]3CC[C@H]4C[C@](C)(O)CC[C@]4(C)[C@H]3C(=O)C[C@]12C. The van der Waals surface area contributed by atoms with Crippen molar-refractivity contribution in [3.05, 3.63) is 11.6 Å². The fourth-order valence-corrected chi connectivity index (χ4v) is 7.57. The van der Waals surface area contributed by atoms with Crippen LogP contribution in [-0.4, -0.2) is 16.5 Å². The highest BCUT2D eigenvalue weighted by molar-refractivity contribution is 5.85. The van der Waals surface area contributed by atoms with Crippen LogP contribution in [0.15, 0.2) is 11.6 Å². The number of carbonyl (C=O) groups excluding carboxylic acids is 1. The molecule has 1 N–H and O–H groups in total. The van der Waals surface area contributed by atoms with Crippen molar-refractivity contribution in [2.75, 3.05) is 0 Å². The van der Waals surface area contributed by atoms with Gasteiger partial charge in [0.2, 0.25) is 0 Å². The highest BCUT2D eigenvalue weighted by Gasteiger charge is 2.62. The molecule has 0 aromatic carbocycles. The first kappa shape index (κ1) is 16.8. The molecular formula is C22H34O2. The van der Waals surface area contributed by atoms with Crippen LogP contribution in [0.4, 0.5) is 0 Å². The Morgan fingerprint density at radius 3 is 2.58 bits per heavy atom. The second-order valence-electron chi connectivity index (χ2n) is 10.1. The van der Waals surface area contributed by atoms with E-state index in [0.29, 0.717) is 23.5 Å². The fourth-order valence-electron chi connectivity index (χ4n) is 7.57. The standard InChI is InChI=1S/C22H34O2/c1-5-14-7-9-17-16-8-6-15-12-20(2,24)10-11-21(15,3)19(16)18(23)13-22(14,17)4/h5,15-17,19,24H,6-13H2,1-4H3/b14-5-/t15-,16-,17-,19+,20+,21-,22+/m0/s1. The third-order valence-electron chi connectivity index (χ3n) is 8.84. The lowest BCUT2D eigenvalue weighted by Crippen LogP contribution is -2.58. The number of carbonyl (C=O) groups is 1. The predicted octanol–water partition coefficient (Wildman–Crippen LogP) is 4.91. The smallest absolute Gasteiger partial charge is 0.137 e. The Morgan fingerprint density at radius 1 is 1.12 bits per heavy atom. The molecule has 0 bridgehead atoms. The van der Waals surface area contributed by atoms with Crippen LogP contribution in [0.2, 0.25) is 0 Å². The summed E-state index contributed by atoms with van der Waals surface area (Å²) in [6, 6.07) is 0. The van der Waals surface area contributed by atoms with Gasteiger partial charge in [-0.1, -0.05) is 25.5 Å². The molecule has 0 aromatic rings. The van der Waals surface area contributed by atoms with Crippen LogP contribution >= 0.6 is 0 Å². The van der Waals surface area contributed by atoms with Crippen LogP contribution in [-0.2, 0) is 4.79 Å². The summed E-state index contributed by atoms with van der Waals surface area (Å²) in [5.74, 6) is 2.60. The van der Waals surface area contributed by atoms with E-state index < -0.39 is 5.60 Å². The Labute approximate surface area is 147 Å². The largest absolute Gasteiger partial charge is 0.390 e. The normalized spacial score (nSPS) is 55.9. The quantitative estimate of drug-likeness (QED) is 0.641. The molecule has 4 saturated carbocycles. The molecule has 0 aliphatic heterocycles. The fraction of sp³-hybridized carbons (Fsp3) is 0.864. The first-order valence-corrected chi connectivity index (χ1v) is 10.1. The second kappa shape index (κ2) is 5.19. The Hall–Kier alpha value is -0.630. The number of hydrogen-bond acceptors (Lipinski definition) is 2. The van der Waals surface area contributed by atoms with Crippen LogP contribution in [0.3, 0.4) is 0 Å². The number of hydrogen-bond donors (Lipinski definition) is 1. The van der Waals surface area contributed by atoms with Gasteiger partial charge in [0.05, 0.1) is 5.60 Å². The average molecular weight is 331 g/mol. The van der Waals surface area contributed by atoms with Gasteiger partial charge in [0.1, 0.15) is 5.78 Å². The minimum atomic E-state index is -0.519. The zero-order valence-electron chi connectivity index (χ0n) is 15.9. The summed E-state index contributed by atoms with van der Waals surface area (Å²) in [6.07, 6.45) is 10.7. The van der Waals surface area contributed by atoms with Crippen LogP contribution in [0.1, 0.15) is 79.1 Å². The van der Waals surface area contributed by atoms with E-state index in [-0.39, 0.29) is 16.7 Å². The zero-order chi connectivity index (χ0) is 17.3. The van der Waals surface area contributed by atoms with Gasteiger partial charge < -0.3 is 5.11 Å². The molecule has 0 saturated heterocycles. The number of ketones is 1. The predicted molar refractivity (Wildman–Crippen MR) is 96.5 cm³/mol. The molecule has 24 heavy (non-hydrogen) atoms. The summed E-state index contributed by atoms with van der Waals surface area (Å²) >= 11 is 0. The highest BCUT2D eigenvalue weighted by atomic mass is 16.3. The molecule has 4 rings (SSSR count). The van der Waals surface area contributed by atoms with Gasteiger partial charge in [0, 0.05) is 12.3 Å². The van der Waals surface area contributed by atoms with E-state index in [1.807, 2.05) is 6.92 Å². The van der Waals surface area contributed by atoms with Gasteiger partial charge in [0.25, 0.3) is 0 Å². The first-order chi connectivity index (χ1) is 11.2. The third kappa shape index (κ3) is 2.14. The number of Topliss-reactive ketones (excluding diaryl/α,β-unsaturated/α-hetero) is 1. The van der Waals surface area contributed by atoms with E-state index >= 15 is 0 Å². The monoisotopic (exact) mass is 330 g/mol. The molecule has 4 fully saturated rings. The molecule has 0 unspecified atom stereocenters. The molecule has 0 heterocycles. The third-order valence-corrected chi connectivity index (χ3v) is 8.84. The zero-order valence-corrected chi connectivity index (χ0v) is 15.9. The molecule has 4 aliphatic rings. The van der Waals surface area contributed by atoms with Crippen molar-refractivity contribution in [2.24, 2.45) is 34.5 Å². The summed E-state index contributed by atoms with van der Waals surface area (Å²) < 4.78 is 0. The first-order valence-electron chi connectivity index (χ1n) is 10.1. The van der Waals surface area contributed by atoms with Crippen LogP contribution in [0, 0.1) is 34.5 Å². The van der Waals surface area contributed by atoms with E-state index in [9.17, 15) is 9.90 Å². The maximum atomic E-state index is 13.4. The number of fused-ring (bicyclic) bond motifs is 5. The maximum absolute atomic E-state index is 13.4. The van der Waals surface area contributed by atoms with Crippen molar-refractivity contribution >= 4 is 5.78 Å². The summed E-state index contributed by atoms with van der Waals surface area (Å²) in [4.78, 5) is 13.4. The Kier molecular flexibility index (Phi) is 3.64. The van der Waals surface area contributed by atoms with E-state index in [0.717, 1.165) is 25.7 Å². The molecule has 4 aliphatic carbocycles. The molecule has 0 amide bonds. The van der Waals surface area contributed by atoms with Gasteiger partial charge >= 0.3 is 0 Å². The minimum Gasteiger partial charge on any atom is -0.390 e. The summed E-state index contributed by atoms with van der Waals surface area (Å²) in [5.41, 5.74) is 1.28. The highest BCUT2D eigenvalue weighted by Crippen LogP contribution is 2.66. The lowest BCUT2D eigenvalue weighted by atomic mass is 9.44. The van der Waals surface area contributed by atoms with E-state index in [1.165, 1.54) is 31.3 Å². The van der Waals surface area contributed by atoms with Crippen molar-refractivity contribution in [2.45, 2.75) is 84.7 Å². The Balaban J connectivity index is 1.69. The Morgan fingerprint density at radius 2 is 1.88 bits per heavy atom. The van der Waals surface area contributed by atoms with Crippen molar-refractivity contribution in [1.29, 1.82) is 0 Å². The summed E-state index contributed by atoms with van der Waals surface area (Å²) in [7, 11) is 0. The number of aliphatic hydroxyl groups is 1.